The summed E-state index contributed by atoms with van der Waals surface area (Å²) in [4.78, 5) is 12.3. The summed E-state index contributed by atoms with van der Waals surface area (Å²) in [5, 5.41) is 3.39. The maximum Gasteiger partial charge on any atom is 0.261 e. The summed E-state index contributed by atoms with van der Waals surface area (Å²) >= 11 is 6.07. The number of carbonyl (C=O) groups is 1. The number of nitrogens with one attached hydrogen (secondary N) is 1. The molecule has 5 heteroatoms. The lowest BCUT2D eigenvalue weighted by atomic mass is 10.2. The van der Waals surface area contributed by atoms with E-state index in [2.05, 4.69) is 5.32 Å². The highest BCUT2D eigenvalue weighted by Crippen LogP contribution is 2.24. The minimum Gasteiger partial charge on any atom is -0.494 e. The Balaban J connectivity index is 1.91. The highest BCUT2D eigenvalue weighted by atomic mass is 35.5. The highest BCUT2D eigenvalue weighted by Gasteiger charge is 2.19. The van der Waals surface area contributed by atoms with Crippen LogP contribution < -0.4 is 14.8 Å². The van der Waals surface area contributed by atoms with Gasteiger partial charge in [-0.3, -0.25) is 4.79 Å². The van der Waals surface area contributed by atoms with Gasteiger partial charge in [0, 0.05) is 6.54 Å². The van der Waals surface area contributed by atoms with Crippen LogP contribution in [0.25, 0.3) is 0 Å². The van der Waals surface area contributed by atoms with Crippen molar-refractivity contribution in [3.05, 3.63) is 59.1 Å². The molecule has 0 unspecified atom stereocenters. The van der Waals surface area contributed by atoms with Crippen molar-refractivity contribution in [1.29, 1.82) is 0 Å². The Kier molecular flexibility index (Phi) is 6.94. The van der Waals surface area contributed by atoms with Crippen molar-refractivity contribution in [2.75, 3.05) is 6.61 Å². The third kappa shape index (κ3) is 5.17. The Morgan fingerprint density at radius 2 is 1.83 bits per heavy atom. The monoisotopic (exact) mass is 347 g/mol. The number of halogens is 1. The number of ether oxygens (including phenoxy) is 2. The average molecular weight is 348 g/mol. The summed E-state index contributed by atoms with van der Waals surface area (Å²) in [5.41, 5.74) is 0.999. The Labute approximate surface area is 147 Å². The summed E-state index contributed by atoms with van der Waals surface area (Å²) in [6, 6.07) is 14.8. The van der Waals surface area contributed by atoms with Crippen LogP contribution in [0, 0.1) is 0 Å². The van der Waals surface area contributed by atoms with Crippen LogP contribution in [-0.2, 0) is 11.3 Å². The van der Waals surface area contributed by atoms with E-state index < -0.39 is 6.10 Å². The molecule has 1 atom stereocenters. The number of carbonyl (C=O) groups excluding carboxylic acids is 1. The van der Waals surface area contributed by atoms with Crippen LogP contribution in [0.2, 0.25) is 5.02 Å². The second kappa shape index (κ2) is 9.18. The molecule has 0 spiro atoms. The lowest BCUT2D eigenvalue weighted by Gasteiger charge is -2.18. The van der Waals surface area contributed by atoms with Crippen molar-refractivity contribution in [1.82, 2.24) is 5.32 Å². The molecule has 24 heavy (non-hydrogen) atoms. The predicted molar refractivity (Wildman–Crippen MR) is 95.6 cm³/mol. The minimum atomic E-state index is -0.576. The average Bonchev–Trinajstić information content (AvgIpc) is 2.60. The molecule has 0 aliphatic rings. The van der Waals surface area contributed by atoms with Gasteiger partial charge in [-0.05, 0) is 43.2 Å². The number of benzene rings is 2. The van der Waals surface area contributed by atoms with Gasteiger partial charge in [-0.1, -0.05) is 42.8 Å². The number of hydrogen-bond donors (Lipinski definition) is 1. The van der Waals surface area contributed by atoms with Crippen LogP contribution in [0.4, 0.5) is 0 Å². The molecule has 4 nitrogen and oxygen atoms in total. The summed E-state index contributed by atoms with van der Waals surface area (Å²) in [5.74, 6) is 1.18. The molecule has 2 aromatic rings. The van der Waals surface area contributed by atoms with Gasteiger partial charge in [-0.25, -0.2) is 0 Å². The first-order chi connectivity index (χ1) is 11.6. The van der Waals surface area contributed by atoms with Crippen molar-refractivity contribution >= 4 is 17.5 Å². The van der Waals surface area contributed by atoms with E-state index in [9.17, 15) is 4.79 Å². The van der Waals surface area contributed by atoms with Gasteiger partial charge in [0.1, 0.15) is 11.5 Å². The van der Waals surface area contributed by atoms with Gasteiger partial charge in [0.25, 0.3) is 5.91 Å². The molecule has 1 N–H and O–H groups in total. The van der Waals surface area contributed by atoms with Crippen molar-refractivity contribution in [3.63, 3.8) is 0 Å². The molecule has 0 aliphatic carbocycles. The largest absolute Gasteiger partial charge is 0.494 e. The molecule has 0 saturated heterocycles. The van der Waals surface area contributed by atoms with Gasteiger partial charge in [-0.2, -0.15) is 0 Å². The fraction of sp³-hybridized carbons (Fsp3) is 0.316. The van der Waals surface area contributed by atoms with Crippen LogP contribution in [-0.4, -0.2) is 18.6 Å². The molecule has 2 rings (SSSR count). The highest BCUT2D eigenvalue weighted by molar-refractivity contribution is 6.32. The van der Waals surface area contributed by atoms with E-state index in [0.717, 1.165) is 11.3 Å². The van der Waals surface area contributed by atoms with Crippen molar-refractivity contribution in [3.8, 4) is 11.5 Å². The topological polar surface area (TPSA) is 47.6 Å². The summed E-state index contributed by atoms with van der Waals surface area (Å²) in [7, 11) is 0. The maximum atomic E-state index is 12.3. The van der Waals surface area contributed by atoms with Crippen molar-refractivity contribution in [2.24, 2.45) is 0 Å². The molecule has 0 aromatic heterocycles. The third-order valence-corrected chi connectivity index (χ3v) is 3.78. The molecule has 0 fully saturated rings. The number of para-hydroxylation sites is 1. The zero-order valence-electron chi connectivity index (χ0n) is 13.9. The molecule has 1 amide bonds. The smallest absolute Gasteiger partial charge is 0.261 e. The van der Waals surface area contributed by atoms with E-state index in [0.29, 0.717) is 30.3 Å². The van der Waals surface area contributed by atoms with Gasteiger partial charge in [-0.15, -0.1) is 0 Å². The van der Waals surface area contributed by atoms with E-state index in [1.165, 1.54) is 0 Å². The number of rotatable bonds is 8. The molecule has 0 radical (unpaired) electrons. The van der Waals surface area contributed by atoms with E-state index in [1.807, 2.05) is 50.2 Å². The molecular weight excluding hydrogens is 326 g/mol. The molecule has 2 aromatic carbocycles. The fourth-order valence-corrected chi connectivity index (χ4v) is 2.37. The Bertz CT molecular complexity index is 658. The quantitative estimate of drug-likeness (QED) is 0.778. The Morgan fingerprint density at radius 1 is 1.12 bits per heavy atom. The molecular formula is C19H22ClNO3. The molecule has 0 heterocycles. The normalized spacial score (nSPS) is 11.6. The van der Waals surface area contributed by atoms with Gasteiger partial charge in [0.05, 0.1) is 11.6 Å². The number of hydrogen-bond acceptors (Lipinski definition) is 3. The summed E-state index contributed by atoms with van der Waals surface area (Å²) in [6.45, 7) is 4.91. The molecule has 0 saturated carbocycles. The Hall–Kier alpha value is -2.20. The first-order valence-corrected chi connectivity index (χ1v) is 8.42. The fourth-order valence-electron chi connectivity index (χ4n) is 2.19. The summed E-state index contributed by atoms with van der Waals surface area (Å²) in [6.07, 6.45) is -0.0204. The first kappa shape index (κ1) is 18.1. The molecule has 0 bridgehead atoms. The van der Waals surface area contributed by atoms with E-state index in [4.69, 9.17) is 21.1 Å². The van der Waals surface area contributed by atoms with Crippen LogP contribution in [0.15, 0.2) is 48.5 Å². The Morgan fingerprint density at radius 3 is 2.46 bits per heavy atom. The van der Waals surface area contributed by atoms with Crippen LogP contribution in [0.5, 0.6) is 11.5 Å². The lowest BCUT2D eigenvalue weighted by Crippen LogP contribution is -2.37. The van der Waals surface area contributed by atoms with Crippen molar-refractivity contribution in [2.45, 2.75) is 32.9 Å². The predicted octanol–water partition coefficient (Wildman–Crippen LogP) is 4.21. The van der Waals surface area contributed by atoms with Crippen LogP contribution in [0.1, 0.15) is 25.8 Å². The van der Waals surface area contributed by atoms with E-state index >= 15 is 0 Å². The molecule has 0 aliphatic heterocycles. The lowest BCUT2D eigenvalue weighted by molar-refractivity contribution is -0.128. The van der Waals surface area contributed by atoms with Gasteiger partial charge in [0.2, 0.25) is 0 Å². The third-order valence-electron chi connectivity index (χ3n) is 3.47. The van der Waals surface area contributed by atoms with Crippen LogP contribution >= 0.6 is 11.6 Å². The van der Waals surface area contributed by atoms with Gasteiger partial charge < -0.3 is 14.8 Å². The van der Waals surface area contributed by atoms with Crippen LogP contribution in [0.3, 0.4) is 0 Å². The van der Waals surface area contributed by atoms with E-state index in [-0.39, 0.29) is 5.91 Å². The van der Waals surface area contributed by atoms with E-state index in [1.54, 1.807) is 12.1 Å². The number of amides is 1. The molecule has 128 valence electrons. The zero-order chi connectivity index (χ0) is 17.4. The van der Waals surface area contributed by atoms with Gasteiger partial charge >= 0.3 is 0 Å². The first-order valence-electron chi connectivity index (χ1n) is 8.04. The second-order valence-corrected chi connectivity index (χ2v) is 5.65. The standard InChI is InChI=1S/C19H22ClNO3/c1-3-17(24-18-8-6-5-7-16(18)20)19(22)21-13-14-9-11-15(12-10-14)23-4-2/h5-12,17H,3-4,13H2,1-2H3,(H,21,22)/t17-/m1/s1. The zero-order valence-corrected chi connectivity index (χ0v) is 14.7. The second-order valence-electron chi connectivity index (χ2n) is 5.24. The summed E-state index contributed by atoms with van der Waals surface area (Å²) < 4.78 is 11.1. The van der Waals surface area contributed by atoms with Gasteiger partial charge in [0.15, 0.2) is 6.10 Å². The van der Waals surface area contributed by atoms with Crippen molar-refractivity contribution < 1.29 is 14.3 Å². The maximum absolute atomic E-state index is 12.3. The SMILES string of the molecule is CCOc1ccc(CNC(=O)[C@@H](CC)Oc2ccccc2Cl)cc1. The minimum absolute atomic E-state index is 0.161.